The highest BCUT2D eigenvalue weighted by molar-refractivity contribution is 7.82. The summed E-state index contributed by atoms with van der Waals surface area (Å²) in [4.78, 5) is 16.1. The minimum Gasteiger partial charge on any atom is -0.350 e. The summed E-state index contributed by atoms with van der Waals surface area (Å²) in [5, 5.41) is 9.81. The number of hydrogen-bond acceptors (Lipinski definition) is 6. The summed E-state index contributed by atoms with van der Waals surface area (Å²) < 4.78 is -0.194. The van der Waals surface area contributed by atoms with Crippen LogP contribution in [0.2, 0.25) is 0 Å². The fraction of sp³-hybridized carbons (Fsp3) is 0.647. The topological polar surface area (TPSA) is 66.0 Å². The van der Waals surface area contributed by atoms with Crippen LogP contribution in [0.25, 0.3) is 0 Å². The molecule has 1 amide bonds. The third-order valence-corrected chi connectivity index (χ3v) is 3.52. The number of aromatic nitrogens is 1. The Hall–Kier alpha value is -0.760. The van der Waals surface area contributed by atoms with Crippen LogP contribution in [-0.2, 0) is 0 Å². The Balaban J connectivity index is 2.52. The van der Waals surface area contributed by atoms with Gasteiger partial charge in [-0.3, -0.25) is 9.78 Å². The molecule has 1 aromatic heterocycles. The number of carbonyl (C=O) groups is 1. The van der Waals surface area contributed by atoms with Crippen molar-refractivity contribution in [1.82, 2.24) is 20.9 Å². The molecule has 1 rings (SSSR count). The van der Waals surface area contributed by atoms with Gasteiger partial charge in [0.25, 0.3) is 5.91 Å². The first kappa shape index (κ1) is 21.3. The Kier molecular flexibility index (Phi) is 8.56. The first-order chi connectivity index (χ1) is 11.1. The Morgan fingerprint density at radius 3 is 2.38 bits per heavy atom. The Morgan fingerprint density at radius 1 is 1.17 bits per heavy atom. The van der Waals surface area contributed by atoms with E-state index in [1.165, 1.54) is 0 Å². The van der Waals surface area contributed by atoms with Gasteiger partial charge in [-0.2, -0.15) is 25.3 Å². The van der Waals surface area contributed by atoms with Crippen LogP contribution in [0.4, 0.5) is 0 Å². The average Bonchev–Trinajstić information content (AvgIpc) is 2.48. The number of rotatable bonds is 10. The minimum atomic E-state index is -0.117. The minimum absolute atomic E-state index is 0.0771. The highest BCUT2D eigenvalue weighted by Gasteiger charge is 2.18. The zero-order valence-electron chi connectivity index (χ0n) is 15.0. The van der Waals surface area contributed by atoms with E-state index < -0.39 is 0 Å². The lowest BCUT2D eigenvalue weighted by molar-refractivity contribution is 0.0949. The van der Waals surface area contributed by atoms with Gasteiger partial charge < -0.3 is 16.0 Å². The molecule has 0 radical (unpaired) electrons. The van der Waals surface area contributed by atoms with Crippen LogP contribution in [0.15, 0.2) is 24.5 Å². The Labute approximate surface area is 156 Å². The van der Waals surface area contributed by atoms with Crippen LogP contribution in [0.1, 0.15) is 38.1 Å². The lowest BCUT2D eigenvalue weighted by Crippen LogP contribution is -2.50. The van der Waals surface area contributed by atoms with Crippen molar-refractivity contribution in [3.8, 4) is 0 Å². The van der Waals surface area contributed by atoms with Gasteiger partial charge in [0, 0.05) is 54.1 Å². The SMILES string of the molecule is CC(C)(S)CNCC(CNC(=O)c1cccnc1)NCC(C)(C)S. The van der Waals surface area contributed by atoms with Crippen molar-refractivity contribution in [1.29, 1.82) is 0 Å². The molecule has 0 aliphatic heterocycles. The van der Waals surface area contributed by atoms with E-state index in [1.807, 2.05) is 0 Å². The molecule has 0 fully saturated rings. The van der Waals surface area contributed by atoms with Gasteiger partial charge in [0.2, 0.25) is 0 Å². The molecule has 0 aliphatic carbocycles. The molecule has 136 valence electrons. The predicted molar refractivity (Wildman–Crippen MR) is 107 cm³/mol. The summed E-state index contributed by atoms with van der Waals surface area (Å²) in [6.45, 7) is 11.0. The van der Waals surface area contributed by atoms with E-state index in [2.05, 4.69) is 73.9 Å². The first-order valence-electron chi connectivity index (χ1n) is 8.14. The number of amides is 1. The Bertz CT molecular complexity index is 498. The van der Waals surface area contributed by atoms with Gasteiger partial charge in [0.15, 0.2) is 0 Å². The van der Waals surface area contributed by atoms with E-state index in [-0.39, 0.29) is 21.4 Å². The quantitative estimate of drug-likeness (QED) is 0.407. The molecule has 0 spiro atoms. The molecule has 0 aromatic carbocycles. The van der Waals surface area contributed by atoms with Crippen molar-refractivity contribution in [3.63, 3.8) is 0 Å². The fourth-order valence-electron chi connectivity index (χ4n) is 1.98. The maximum Gasteiger partial charge on any atom is 0.252 e. The lowest BCUT2D eigenvalue weighted by Gasteiger charge is -2.26. The van der Waals surface area contributed by atoms with Gasteiger partial charge >= 0.3 is 0 Å². The van der Waals surface area contributed by atoms with Crippen molar-refractivity contribution in [2.24, 2.45) is 0 Å². The zero-order valence-corrected chi connectivity index (χ0v) is 16.8. The molecule has 1 heterocycles. The predicted octanol–water partition coefficient (Wildman–Crippen LogP) is 1.78. The van der Waals surface area contributed by atoms with Gasteiger partial charge in [0.1, 0.15) is 0 Å². The Morgan fingerprint density at radius 2 is 1.83 bits per heavy atom. The third kappa shape index (κ3) is 10.2. The van der Waals surface area contributed by atoms with Crippen LogP contribution < -0.4 is 16.0 Å². The standard InChI is InChI=1S/C17H30N4OS2/c1-16(2,23)11-19-9-14(21-12-17(3,4)24)10-20-15(22)13-6-5-7-18-8-13/h5-8,14,19,21,23-24H,9-12H2,1-4H3,(H,20,22). The van der Waals surface area contributed by atoms with Gasteiger partial charge in [-0.15, -0.1) is 0 Å². The zero-order chi connectivity index (χ0) is 18.2. The smallest absolute Gasteiger partial charge is 0.252 e. The van der Waals surface area contributed by atoms with Crippen molar-refractivity contribution in [2.45, 2.75) is 43.2 Å². The van der Waals surface area contributed by atoms with E-state index in [9.17, 15) is 4.79 Å². The highest BCUT2D eigenvalue weighted by atomic mass is 32.1. The molecule has 3 N–H and O–H groups in total. The van der Waals surface area contributed by atoms with E-state index in [1.54, 1.807) is 24.5 Å². The molecule has 0 aliphatic rings. The normalized spacial score (nSPS) is 13.6. The van der Waals surface area contributed by atoms with Crippen molar-refractivity contribution in [2.75, 3.05) is 26.2 Å². The number of thiol groups is 2. The van der Waals surface area contributed by atoms with Crippen LogP contribution in [0.3, 0.4) is 0 Å². The van der Waals surface area contributed by atoms with E-state index >= 15 is 0 Å². The van der Waals surface area contributed by atoms with E-state index in [4.69, 9.17) is 0 Å². The molecule has 5 nitrogen and oxygen atoms in total. The molecule has 0 saturated carbocycles. The molecular weight excluding hydrogens is 340 g/mol. The van der Waals surface area contributed by atoms with E-state index in [0.29, 0.717) is 12.1 Å². The highest BCUT2D eigenvalue weighted by Crippen LogP contribution is 2.10. The molecule has 1 atom stereocenters. The van der Waals surface area contributed by atoms with E-state index in [0.717, 1.165) is 19.6 Å². The molecule has 1 aromatic rings. The molecule has 0 saturated heterocycles. The molecular formula is C17H30N4OS2. The van der Waals surface area contributed by atoms with Crippen molar-refractivity contribution < 1.29 is 4.79 Å². The number of carbonyl (C=O) groups excluding carboxylic acids is 1. The molecule has 1 unspecified atom stereocenters. The molecule has 7 heteroatoms. The largest absolute Gasteiger partial charge is 0.350 e. The monoisotopic (exact) mass is 370 g/mol. The van der Waals surface area contributed by atoms with Crippen LogP contribution >= 0.6 is 25.3 Å². The second kappa shape index (κ2) is 9.65. The summed E-state index contributed by atoms with van der Waals surface area (Å²) in [5.74, 6) is -0.116. The summed E-state index contributed by atoms with van der Waals surface area (Å²) in [7, 11) is 0. The number of nitrogens with one attached hydrogen (secondary N) is 3. The van der Waals surface area contributed by atoms with Crippen LogP contribution in [-0.4, -0.2) is 52.6 Å². The summed E-state index contributed by atoms with van der Waals surface area (Å²) in [6, 6.07) is 3.61. The number of nitrogens with zero attached hydrogens (tertiary/aromatic N) is 1. The number of hydrogen-bond donors (Lipinski definition) is 5. The summed E-state index contributed by atoms with van der Waals surface area (Å²) >= 11 is 9.06. The van der Waals surface area contributed by atoms with Crippen molar-refractivity contribution >= 4 is 31.2 Å². The molecule has 0 bridgehead atoms. The van der Waals surface area contributed by atoms with Gasteiger partial charge in [-0.25, -0.2) is 0 Å². The lowest BCUT2D eigenvalue weighted by atomic mass is 10.1. The van der Waals surface area contributed by atoms with Crippen LogP contribution in [0, 0.1) is 0 Å². The van der Waals surface area contributed by atoms with Crippen molar-refractivity contribution in [3.05, 3.63) is 30.1 Å². The third-order valence-electron chi connectivity index (χ3n) is 3.20. The second-order valence-electron chi connectivity index (χ2n) is 7.29. The van der Waals surface area contributed by atoms with Gasteiger partial charge in [-0.1, -0.05) is 0 Å². The summed E-state index contributed by atoms with van der Waals surface area (Å²) in [6.07, 6.45) is 3.22. The maximum atomic E-state index is 12.2. The molecule has 24 heavy (non-hydrogen) atoms. The fourth-order valence-corrected chi connectivity index (χ4v) is 2.18. The summed E-state index contributed by atoms with van der Waals surface area (Å²) in [5.41, 5.74) is 0.565. The first-order valence-corrected chi connectivity index (χ1v) is 9.03. The average molecular weight is 371 g/mol. The second-order valence-corrected chi connectivity index (χ2v) is 9.71. The van der Waals surface area contributed by atoms with Gasteiger partial charge in [-0.05, 0) is 39.8 Å². The van der Waals surface area contributed by atoms with Crippen LogP contribution in [0.5, 0.6) is 0 Å². The number of pyridine rings is 1. The maximum absolute atomic E-state index is 12.2. The van der Waals surface area contributed by atoms with Gasteiger partial charge in [0.05, 0.1) is 5.56 Å².